The first kappa shape index (κ1) is 15.4. The van der Waals surface area contributed by atoms with Crippen molar-refractivity contribution in [3.8, 4) is 0 Å². The summed E-state index contributed by atoms with van der Waals surface area (Å²) >= 11 is 0. The minimum absolute atomic E-state index is 0.0963. The number of rotatable bonds is 3. The summed E-state index contributed by atoms with van der Waals surface area (Å²) < 4.78 is 7.59. The van der Waals surface area contributed by atoms with E-state index in [1.54, 1.807) is 29.0 Å². The molecule has 0 aliphatic carbocycles. The Morgan fingerprint density at radius 3 is 3.17 bits per heavy atom. The van der Waals surface area contributed by atoms with Crippen molar-refractivity contribution in [2.45, 2.75) is 25.4 Å². The molecule has 2 saturated heterocycles. The molecule has 2 fully saturated rings. The number of fused-ring (bicyclic) bond motifs is 1. The Hall–Kier alpha value is -2.12. The van der Waals surface area contributed by atoms with Crippen LogP contribution in [0.15, 0.2) is 24.5 Å². The summed E-state index contributed by atoms with van der Waals surface area (Å²) in [5, 5.41) is 10.6. The molecule has 1 spiro atoms. The van der Waals surface area contributed by atoms with Crippen LogP contribution in [0.3, 0.4) is 0 Å². The van der Waals surface area contributed by atoms with Gasteiger partial charge in [-0.3, -0.25) is 4.79 Å². The van der Waals surface area contributed by atoms with Crippen LogP contribution in [0.1, 0.15) is 29.6 Å². The van der Waals surface area contributed by atoms with Crippen LogP contribution in [0.2, 0.25) is 0 Å². The normalized spacial score (nSPS) is 22.9. The number of carbonyl (C=O) groups excluding carboxylic acids is 1. The molecular formula is C17H23N5O2. The van der Waals surface area contributed by atoms with Crippen molar-refractivity contribution >= 4 is 17.1 Å². The Morgan fingerprint density at radius 1 is 1.50 bits per heavy atom. The fraction of sp³-hybridized carbons (Fsp3) is 0.529. The summed E-state index contributed by atoms with van der Waals surface area (Å²) in [6, 6.07) is 3.52. The van der Waals surface area contributed by atoms with Crippen molar-refractivity contribution in [3.63, 3.8) is 0 Å². The lowest BCUT2D eigenvalue weighted by Gasteiger charge is -2.32. The second-order valence-corrected chi connectivity index (χ2v) is 6.95. The molecule has 0 saturated carbocycles. The molecule has 0 radical (unpaired) electrons. The Labute approximate surface area is 140 Å². The molecule has 128 valence electrons. The van der Waals surface area contributed by atoms with E-state index in [4.69, 9.17) is 10.5 Å². The van der Waals surface area contributed by atoms with Gasteiger partial charge in [-0.2, -0.15) is 5.10 Å². The van der Waals surface area contributed by atoms with E-state index in [-0.39, 0.29) is 12.0 Å². The van der Waals surface area contributed by atoms with Gasteiger partial charge in [0.2, 0.25) is 0 Å². The third-order valence-electron chi connectivity index (χ3n) is 5.23. The maximum absolute atomic E-state index is 12.5. The molecule has 2 aliphatic rings. The number of nitrogens with two attached hydrogens (primary N) is 1. The van der Waals surface area contributed by atoms with Crippen LogP contribution >= 0.6 is 0 Å². The zero-order valence-corrected chi connectivity index (χ0v) is 13.6. The molecule has 1 amide bonds. The summed E-state index contributed by atoms with van der Waals surface area (Å²) in [7, 11) is 0. The number of pyridine rings is 1. The first-order valence-electron chi connectivity index (χ1n) is 8.49. The third kappa shape index (κ3) is 2.85. The number of ether oxygens (including phenoxy) is 1. The van der Waals surface area contributed by atoms with E-state index in [1.807, 2.05) is 0 Å². The largest absolute Gasteiger partial charge is 0.399 e. The predicted octanol–water partition coefficient (Wildman–Crippen LogP) is 0.805. The number of nitrogens with one attached hydrogen (secondary N) is 2. The first-order chi connectivity index (χ1) is 11.7. The highest BCUT2D eigenvalue weighted by Crippen LogP contribution is 2.40. The van der Waals surface area contributed by atoms with Gasteiger partial charge < -0.3 is 21.1 Å². The second kappa shape index (κ2) is 6.07. The van der Waals surface area contributed by atoms with Crippen LogP contribution in [0.5, 0.6) is 0 Å². The average molecular weight is 329 g/mol. The van der Waals surface area contributed by atoms with Crippen LogP contribution in [0.25, 0.3) is 5.52 Å². The van der Waals surface area contributed by atoms with E-state index < -0.39 is 0 Å². The number of hydrogen-bond donors (Lipinski definition) is 3. The van der Waals surface area contributed by atoms with Gasteiger partial charge in [-0.05, 0) is 49.9 Å². The van der Waals surface area contributed by atoms with E-state index in [0.717, 1.165) is 44.5 Å². The zero-order valence-electron chi connectivity index (χ0n) is 13.6. The minimum Gasteiger partial charge on any atom is -0.399 e. The summed E-state index contributed by atoms with van der Waals surface area (Å²) in [6.07, 6.45) is 6.77. The van der Waals surface area contributed by atoms with Crippen molar-refractivity contribution in [1.82, 2.24) is 20.2 Å². The predicted molar refractivity (Wildman–Crippen MR) is 90.8 cm³/mol. The fourth-order valence-electron chi connectivity index (χ4n) is 3.81. The molecule has 7 heteroatoms. The lowest BCUT2D eigenvalue weighted by atomic mass is 9.77. The fourth-order valence-corrected chi connectivity index (χ4v) is 3.81. The van der Waals surface area contributed by atoms with Crippen LogP contribution < -0.4 is 16.4 Å². The number of hydrogen-bond acceptors (Lipinski definition) is 5. The molecule has 0 bridgehead atoms. The summed E-state index contributed by atoms with van der Waals surface area (Å²) in [4.78, 5) is 12.5. The SMILES string of the molecule is Nc1ccn2ncc(C(=O)NCC3CC4(CCNCC4)CO3)c2c1. The minimum atomic E-state index is -0.134. The molecule has 7 nitrogen and oxygen atoms in total. The number of aromatic nitrogens is 2. The van der Waals surface area contributed by atoms with E-state index in [0.29, 0.717) is 23.2 Å². The van der Waals surface area contributed by atoms with E-state index in [1.165, 1.54) is 0 Å². The topological polar surface area (TPSA) is 93.7 Å². The maximum atomic E-state index is 12.5. The molecule has 4 rings (SSSR count). The van der Waals surface area contributed by atoms with E-state index >= 15 is 0 Å². The van der Waals surface area contributed by atoms with Gasteiger partial charge >= 0.3 is 0 Å². The number of anilines is 1. The van der Waals surface area contributed by atoms with Gasteiger partial charge in [0.15, 0.2) is 0 Å². The van der Waals surface area contributed by atoms with Gasteiger partial charge in [-0.25, -0.2) is 4.52 Å². The molecule has 1 atom stereocenters. The lowest BCUT2D eigenvalue weighted by molar-refractivity contribution is 0.0782. The maximum Gasteiger partial charge on any atom is 0.255 e. The van der Waals surface area contributed by atoms with Gasteiger partial charge in [-0.1, -0.05) is 0 Å². The molecule has 0 aromatic carbocycles. The molecular weight excluding hydrogens is 306 g/mol. The monoisotopic (exact) mass is 329 g/mol. The van der Waals surface area contributed by atoms with Crippen LogP contribution in [-0.2, 0) is 4.74 Å². The van der Waals surface area contributed by atoms with Gasteiger partial charge in [0.1, 0.15) is 0 Å². The highest BCUT2D eigenvalue weighted by molar-refractivity contribution is 6.00. The Bertz CT molecular complexity index is 751. The first-order valence-corrected chi connectivity index (χ1v) is 8.49. The van der Waals surface area contributed by atoms with Gasteiger partial charge in [0.05, 0.1) is 30.0 Å². The Kier molecular flexibility index (Phi) is 3.90. The Morgan fingerprint density at radius 2 is 2.33 bits per heavy atom. The van der Waals surface area contributed by atoms with Crippen molar-refractivity contribution in [2.75, 3.05) is 32.0 Å². The van der Waals surface area contributed by atoms with Gasteiger partial charge in [0, 0.05) is 18.4 Å². The highest BCUT2D eigenvalue weighted by atomic mass is 16.5. The smallest absolute Gasteiger partial charge is 0.255 e. The average Bonchev–Trinajstić information content (AvgIpc) is 3.17. The van der Waals surface area contributed by atoms with Crippen molar-refractivity contribution < 1.29 is 9.53 Å². The van der Waals surface area contributed by atoms with Crippen molar-refractivity contribution in [1.29, 1.82) is 0 Å². The third-order valence-corrected chi connectivity index (χ3v) is 5.23. The highest BCUT2D eigenvalue weighted by Gasteiger charge is 2.40. The molecule has 2 aromatic rings. The van der Waals surface area contributed by atoms with Gasteiger partial charge in [-0.15, -0.1) is 0 Å². The number of amides is 1. The molecule has 2 aromatic heterocycles. The lowest BCUT2D eigenvalue weighted by Crippen LogP contribution is -2.38. The second-order valence-electron chi connectivity index (χ2n) is 6.95. The van der Waals surface area contributed by atoms with E-state index in [9.17, 15) is 4.79 Å². The van der Waals surface area contributed by atoms with Crippen molar-refractivity contribution in [2.24, 2.45) is 5.41 Å². The summed E-state index contributed by atoms with van der Waals surface area (Å²) in [5.74, 6) is -0.134. The number of nitrogens with zero attached hydrogens (tertiary/aromatic N) is 2. The number of nitrogen functional groups attached to an aromatic ring is 1. The summed E-state index contributed by atoms with van der Waals surface area (Å²) in [6.45, 7) is 3.47. The van der Waals surface area contributed by atoms with E-state index in [2.05, 4.69) is 15.7 Å². The molecule has 2 aliphatic heterocycles. The van der Waals surface area contributed by atoms with Crippen LogP contribution in [-0.4, -0.2) is 47.9 Å². The molecule has 24 heavy (non-hydrogen) atoms. The van der Waals surface area contributed by atoms with Gasteiger partial charge in [0.25, 0.3) is 5.91 Å². The number of piperidine rings is 1. The number of carbonyl (C=O) groups is 1. The summed E-state index contributed by atoms with van der Waals surface area (Å²) in [5.41, 5.74) is 7.98. The van der Waals surface area contributed by atoms with Crippen LogP contribution in [0, 0.1) is 5.41 Å². The molecule has 4 heterocycles. The van der Waals surface area contributed by atoms with Crippen LogP contribution in [0.4, 0.5) is 5.69 Å². The standard InChI is InChI=1S/C17H23N5O2/c18-12-1-6-22-15(7-12)14(10-21-22)16(23)20-9-13-8-17(11-24-13)2-4-19-5-3-17/h1,6-7,10,13,19H,2-5,8-9,11,18H2,(H,20,23). The molecule has 4 N–H and O–H groups in total. The van der Waals surface area contributed by atoms with Crippen molar-refractivity contribution in [3.05, 3.63) is 30.1 Å². The molecule has 1 unspecified atom stereocenters. The Balaban J connectivity index is 1.39. The quantitative estimate of drug-likeness (QED) is 0.775. The zero-order chi connectivity index (χ0) is 16.6.